The zero-order valence-electron chi connectivity index (χ0n) is 10.2. The van der Waals surface area contributed by atoms with E-state index in [0.29, 0.717) is 6.04 Å². The van der Waals surface area contributed by atoms with E-state index in [-0.39, 0.29) is 30.9 Å². The number of nitrogens with zero attached hydrogens (tertiary/aromatic N) is 1. The predicted octanol–water partition coefficient (Wildman–Crippen LogP) is -0.279. The molecule has 0 aliphatic heterocycles. The number of likely N-dealkylation sites (N-methyl/N-ethyl adjacent to an activating group) is 1. The van der Waals surface area contributed by atoms with Crippen LogP contribution >= 0.6 is 0 Å². The van der Waals surface area contributed by atoms with Crippen LogP contribution in [0.15, 0.2) is 0 Å². The molecule has 1 fully saturated rings. The van der Waals surface area contributed by atoms with Gasteiger partial charge in [-0.25, -0.2) is 0 Å². The smallest absolute Gasteiger partial charge is 0.239 e. The number of amides is 2. The van der Waals surface area contributed by atoms with Crippen molar-refractivity contribution < 1.29 is 9.59 Å². The van der Waals surface area contributed by atoms with Crippen molar-refractivity contribution in [2.75, 3.05) is 20.1 Å². The van der Waals surface area contributed by atoms with Crippen LogP contribution in [0.4, 0.5) is 0 Å². The van der Waals surface area contributed by atoms with Crippen molar-refractivity contribution in [2.24, 2.45) is 0 Å². The minimum absolute atomic E-state index is 0.0559. The lowest BCUT2D eigenvalue weighted by Crippen LogP contribution is -2.43. The lowest BCUT2D eigenvalue weighted by Gasteiger charge is -2.17. The lowest BCUT2D eigenvalue weighted by molar-refractivity contribution is -0.134. The highest BCUT2D eigenvalue weighted by molar-refractivity contribution is 5.85. The van der Waals surface area contributed by atoms with Gasteiger partial charge in [-0.1, -0.05) is 13.8 Å². The Morgan fingerprint density at radius 1 is 1.38 bits per heavy atom. The molecule has 0 aromatic rings. The van der Waals surface area contributed by atoms with Crippen LogP contribution in [0.2, 0.25) is 0 Å². The number of hydrogen-bond acceptors (Lipinski definition) is 3. The molecule has 1 aliphatic carbocycles. The van der Waals surface area contributed by atoms with Gasteiger partial charge < -0.3 is 15.5 Å². The minimum Gasteiger partial charge on any atom is -0.352 e. The van der Waals surface area contributed by atoms with Crippen LogP contribution < -0.4 is 10.6 Å². The summed E-state index contributed by atoms with van der Waals surface area (Å²) in [5.41, 5.74) is 0. The minimum atomic E-state index is -0.0668. The third-order valence-corrected chi connectivity index (χ3v) is 2.41. The van der Waals surface area contributed by atoms with E-state index in [0.717, 1.165) is 12.8 Å². The monoisotopic (exact) mass is 227 g/mol. The van der Waals surface area contributed by atoms with Gasteiger partial charge in [-0.3, -0.25) is 9.59 Å². The van der Waals surface area contributed by atoms with Gasteiger partial charge >= 0.3 is 0 Å². The lowest BCUT2D eigenvalue weighted by atomic mass is 10.4. The van der Waals surface area contributed by atoms with E-state index in [1.165, 1.54) is 4.90 Å². The van der Waals surface area contributed by atoms with Crippen molar-refractivity contribution in [3.8, 4) is 0 Å². The Bertz CT molecular complexity index is 262. The molecular weight excluding hydrogens is 206 g/mol. The van der Waals surface area contributed by atoms with Crippen LogP contribution in [0.25, 0.3) is 0 Å². The maximum Gasteiger partial charge on any atom is 0.239 e. The highest BCUT2D eigenvalue weighted by atomic mass is 16.2. The summed E-state index contributed by atoms with van der Waals surface area (Å²) in [6.45, 7) is 4.39. The zero-order valence-corrected chi connectivity index (χ0v) is 10.2. The first-order valence-corrected chi connectivity index (χ1v) is 5.75. The molecule has 0 aromatic heterocycles. The molecule has 1 saturated carbocycles. The van der Waals surface area contributed by atoms with Gasteiger partial charge in [-0.05, 0) is 12.8 Å². The molecule has 0 aromatic carbocycles. The molecule has 0 heterocycles. The normalized spacial score (nSPS) is 15.0. The molecule has 5 nitrogen and oxygen atoms in total. The van der Waals surface area contributed by atoms with E-state index in [2.05, 4.69) is 10.6 Å². The van der Waals surface area contributed by atoms with Gasteiger partial charge in [0.25, 0.3) is 0 Å². The third-order valence-electron chi connectivity index (χ3n) is 2.41. The van der Waals surface area contributed by atoms with E-state index < -0.39 is 0 Å². The van der Waals surface area contributed by atoms with E-state index >= 15 is 0 Å². The standard InChI is InChI=1S/C11H21N3O2/c1-8(2)12-6-11(16)14(3)7-10(15)13-9-4-5-9/h8-9,12H,4-7H2,1-3H3,(H,13,15). The number of carbonyl (C=O) groups is 2. The van der Waals surface area contributed by atoms with Crippen LogP contribution in [0.1, 0.15) is 26.7 Å². The molecule has 0 radical (unpaired) electrons. The van der Waals surface area contributed by atoms with E-state index in [1.54, 1.807) is 7.05 Å². The largest absolute Gasteiger partial charge is 0.352 e. The molecule has 0 saturated heterocycles. The third kappa shape index (κ3) is 5.11. The predicted molar refractivity (Wildman–Crippen MR) is 61.9 cm³/mol. The topological polar surface area (TPSA) is 61.4 Å². The van der Waals surface area contributed by atoms with Crippen LogP contribution in [0, 0.1) is 0 Å². The SMILES string of the molecule is CC(C)NCC(=O)N(C)CC(=O)NC1CC1. The Balaban J connectivity index is 2.18. The second kappa shape index (κ2) is 5.84. The maximum atomic E-state index is 11.6. The van der Waals surface area contributed by atoms with Gasteiger partial charge in [0.1, 0.15) is 0 Å². The molecule has 1 aliphatic rings. The first kappa shape index (κ1) is 13.0. The Morgan fingerprint density at radius 2 is 2.00 bits per heavy atom. The first-order chi connectivity index (χ1) is 7.49. The highest BCUT2D eigenvalue weighted by Crippen LogP contribution is 2.18. The molecule has 0 spiro atoms. The van der Waals surface area contributed by atoms with Gasteiger partial charge in [-0.2, -0.15) is 0 Å². The van der Waals surface area contributed by atoms with Crippen molar-refractivity contribution in [1.29, 1.82) is 0 Å². The fourth-order valence-electron chi connectivity index (χ4n) is 1.23. The average Bonchev–Trinajstić information content (AvgIpc) is 2.97. The fraction of sp³-hybridized carbons (Fsp3) is 0.818. The van der Waals surface area contributed by atoms with Gasteiger partial charge in [0.15, 0.2) is 0 Å². The number of rotatable bonds is 6. The van der Waals surface area contributed by atoms with Gasteiger partial charge in [0.05, 0.1) is 13.1 Å². The Hall–Kier alpha value is -1.10. The van der Waals surface area contributed by atoms with Crippen molar-refractivity contribution in [3.63, 3.8) is 0 Å². The summed E-state index contributed by atoms with van der Waals surface area (Å²) in [6, 6.07) is 0.627. The molecule has 2 N–H and O–H groups in total. The van der Waals surface area contributed by atoms with Crippen LogP contribution in [0.3, 0.4) is 0 Å². The maximum absolute atomic E-state index is 11.6. The van der Waals surface area contributed by atoms with Crippen LogP contribution in [-0.4, -0.2) is 48.9 Å². The molecule has 92 valence electrons. The zero-order chi connectivity index (χ0) is 12.1. The first-order valence-electron chi connectivity index (χ1n) is 5.75. The number of nitrogens with one attached hydrogen (secondary N) is 2. The molecule has 0 unspecified atom stereocenters. The molecule has 5 heteroatoms. The summed E-state index contributed by atoms with van der Waals surface area (Å²) in [4.78, 5) is 24.4. The fourth-order valence-corrected chi connectivity index (χ4v) is 1.23. The Labute approximate surface area is 96.6 Å². The summed E-state index contributed by atoms with van der Waals surface area (Å²) in [7, 11) is 1.65. The van der Waals surface area contributed by atoms with E-state index in [1.807, 2.05) is 13.8 Å². The highest BCUT2D eigenvalue weighted by Gasteiger charge is 2.24. The summed E-state index contributed by atoms with van der Waals surface area (Å²) in [5.74, 6) is -0.123. The summed E-state index contributed by atoms with van der Waals surface area (Å²) in [5, 5.41) is 5.88. The molecular formula is C11H21N3O2. The second-order valence-corrected chi connectivity index (χ2v) is 4.63. The Morgan fingerprint density at radius 3 is 2.50 bits per heavy atom. The van der Waals surface area contributed by atoms with Gasteiger partial charge in [0.2, 0.25) is 11.8 Å². The van der Waals surface area contributed by atoms with E-state index in [9.17, 15) is 9.59 Å². The summed E-state index contributed by atoms with van der Waals surface area (Å²) >= 11 is 0. The number of hydrogen-bond donors (Lipinski definition) is 2. The quantitative estimate of drug-likeness (QED) is 0.656. The average molecular weight is 227 g/mol. The molecule has 2 amide bonds. The Kier molecular flexibility index (Phi) is 4.73. The van der Waals surface area contributed by atoms with Crippen molar-refractivity contribution in [2.45, 2.75) is 38.8 Å². The van der Waals surface area contributed by atoms with Gasteiger partial charge in [-0.15, -0.1) is 0 Å². The number of carbonyl (C=O) groups excluding carboxylic acids is 2. The van der Waals surface area contributed by atoms with E-state index in [4.69, 9.17) is 0 Å². The molecule has 0 atom stereocenters. The van der Waals surface area contributed by atoms with Crippen molar-refractivity contribution in [3.05, 3.63) is 0 Å². The molecule has 16 heavy (non-hydrogen) atoms. The van der Waals surface area contributed by atoms with Crippen molar-refractivity contribution in [1.82, 2.24) is 15.5 Å². The summed E-state index contributed by atoms with van der Waals surface area (Å²) < 4.78 is 0. The van der Waals surface area contributed by atoms with Crippen molar-refractivity contribution >= 4 is 11.8 Å². The summed E-state index contributed by atoms with van der Waals surface area (Å²) in [6.07, 6.45) is 2.14. The van der Waals surface area contributed by atoms with Crippen LogP contribution in [0.5, 0.6) is 0 Å². The van der Waals surface area contributed by atoms with Gasteiger partial charge in [0, 0.05) is 19.1 Å². The van der Waals surface area contributed by atoms with Crippen LogP contribution in [-0.2, 0) is 9.59 Å². The second-order valence-electron chi connectivity index (χ2n) is 4.63. The molecule has 1 rings (SSSR count). The molecule has 0 bridgehead atoms.